The highest BCUT2D eigenvalue weighted by molar-refractivity contribution is 6.03. The molecule has 198 valence electrons. The Kier molecular flexibility index (Phi) is 6.15. The fourth-order valence-electron chi connectivity index (χ4n) is 4.43. The number of aromatic carboxylic acids is 1. The number of rotatable bonds is 7. The van der Waals surface area contributed by atoms with E-state index in [2.05, 4.69) is 20.3 Å². The van der Waals surface area contributed by atoms with Gasteiger partial charge >= 0.3 is 5.97 Å². The Hall–Kier alpha value is -5.58. The lowest BCUT2D eigenvalue weighted by molar-refractivity contribution is 0.0698. The molecule has 0 saturated carbocycles. The van der Waals surface area contributed by atoms with Crippen molar-refractivity contribution in [3.8, 4) is 34.3 Å². The fraction of sp³-hybridized carbons (Fsp3) is 0.103. The van der Waals surface area contributed by atoms with E-state index in [0.29, 0.717) is 51.4 Å². The van der Waals surface area contributed by atoms with Gasteiger partial charge in [0.2, 0.25) is 23.4 Å². The van der Waals surface area contributed by atoms with Crippen LogP contribution in [0.15, 0.2) is 86.6 Å². The Bertz CT molecular complexity index is 1950. The number of hydrogen-bond acceptors (Lipinski definition) is 9. The van der Waals surface area contributed by atoms with E-state index in [-0.39, 0.29) is 12.1 Å². The smallest absolute Gasteiger partial charge is 0.336 e. The van der Waals surface area contributed by atoms with Crippen molar-refractivity contribution in [3.63, 3.8) is 0 Å². The molecule has 40 heavy (non-hydrogen) atoms. The van der Waals surface area contributed by atoms with Gasteiger partial charge in [-0.3, -0.25) is 4.79 Å². The van der Waals surface area contributed by atoms with Crippen LogP contribution in [-0.2, 0) is 6.54 Å². The van der Waals surface area contributed by atoms with Crippen LogP contribution >= 0.6 is 0 Å². The first-order chi connectivity index (χ1) is 19.3. The fourth-order valence-corrected chi connectivity index (χ4v) is 4.43. The first-order valence-electron chi connectivity index (χ1n) is 12.2. The van der Waals surface area contributed by atoms with E-state index < -0.39 is 11.5 Å². The van der Waals surface area contributed by atoms with Gasteiger partial charge in [-0.15, -0.1) is 0 Å². The third-order valence-electron chi connectivity index (χ3n) is 6.22. The second-order valence-electron chi connectivity index (χ2n) is 9.07. The quantitative estimate of drug-likeness (QED) is 0.287. The van der Waals surface area contributed by atoms with Crippen molar-refractivity contribution in [1.29, 1.82) is 0 Å². The highest BCUT2D eigenvalue weighted by Crippen LogP contribution is 2.30. The highest BCUT2D eigenvalue weighted by atomic mass is 16.5. The Morgan fingerprint density at radius 1 is 0.850 bits per heavy atom. The van der Waals surface area contributed by atoms with E-state index >= 15 is 0 Å². The summed E-state index contributed by atoms with van der Waals surface area (Å²) in [7, 11) is 0. The SMILES string of the molecule is Cc1nc(-c2cccc(Cn3c(=O)cc(C(=O)O)c4cc(Oc5cccc(-c6noc(C)n6)c5)ccc43)c2)no1. The Morgan fingerprint density at radius 3 is 2.15 bits per heavy atom. The van der Waals surface area contributed by atoms with Crippen molar-refractivity contribution in [2.75, 3.05) is 0 Å². The van der Waals surface area contributed by atoms with Crippen LogP contribution in [0.5, 0.6) is 11.5 Å². The highest BCUT2D eigenvalue weighted by Gasteiger charge is 2.16. The zero-order chi connectivity index (χ0) is 27.8. The van der Waals surface area contributed by atoms with E-state index in [1.807, 2.05) is 30.3 Å². The first kappa shape index (κ1) is 24.7. The maximum Gasteiger partial charge on any atom is 0.336 e. The molecule has 0 amide bonds. The summed E-state index contributed by atoms with van der Waals surface area (Å²) in [6, 6.07) is 20.7. The van der Waals surface area contributed by atoms with Gasteiger partial charge in [0.25, 0.3) is 5.56 Å². The van der Waals surface area contributed by atoms with Crippen LogP contribution in [0, 0.1) is 13.8 Å². The standard InChI is InChI=1S/C29H21N5O6/c1-16-30-27(32-39-16)19-6-3-5-18(11-19)15-34-25-10-9-22(13-23(25)24(29(36)37)14-26(34)35)38-21-8-4-7-20(12-21)28-31-17(2)40-33-28/h3-14H,15H2,1-2H3,(H,36,37). The van der Waals surface area contributed by atoms with Crippen LogP contribution in [-0.4, -0.2) is 35.9 Å². The molecule has 6 aromatic rings. The minimum absolute atomic E-state index is 0.117. The Balaban J connectivity index is 1.37. The minimum atomic E-state index is -1.21. The van der Waals surface area contributed by atoms with Gasteiger partial charge < -0.3 is 23.5 Å². The number of aromatic nitrogens is 5. The molecular formula is C29H21N5O6. The number of fused-ring (bicyclic) bond motifs is 1. The molecule has 0 fully saturated rings. The van der Waals surface area contributed by atoms with Gasteiger partial charge in [-0.2, -0.15) is 9.97 Å². The number of carboxylic acids is 1. The lowest BCUT2D eigenvalue weighted by atomic mass is 10.1. The van der Waals surface area contributed by atoms with E-state index in [4.69, 9.17) is 13.8 Å². The minimum Gasteiger partial charge on any atom is -0.478 e. The van der Waals surface area contributed by atoms with Gasteiger partial charge in [0.1, 0.15) is 11.5 Å². The lowest BCUT2D eigenvalue weighted by Gasteiger charge is -2.14. The number of nitrogens with zero attached hydrogens (tertiary/aromatic N) is 5. The molecule has 0 saturated heterocycles. The van der Waals surface area contributed by atoms with Crippen LogP contribution < -0.4 is 10.3 Å². The maximum atomic E-state index is 13.1. The molecule has 0 aliphatic carbocycles. The van der Waals surface area contributed by atoms with Crippen molar-refractivity contribution in [3.05, 3.63) is 106 Å². The van der Waals surface area contributed by atoms with Crippen LogP contribution in [0.25, 0.3) is 33.7 Å². The van der Waals surface area contributed by atoms with Gasteiger partial charge in [-0.25, -0.2) is 4.79 Å². The van der Waals surface area contributed by atoms with Crippen LogP contribution in [0.3, 0.4) is 0 Å². The predicted octanol–water partition coefficient (Wildman–Crippen LogP) is 5.26. The summed E-state index contributed by atoms with van der Waals surface area (Å²) < 4.78 is 17.7. The molecule has 0 aliphatic heterocycles. The maximum absolute atomic E-state index is 13.1. The third kappa shape index (κ3) is 4.83. The average Bonchev–Trinajstić information content (AvgIpc) is 3.58. The monoisotopic (exact) mass is 535 g/mol. The number of ether oxygens (including phenoxy) is 1. The zero-order valence-corrected chi connectivity index (χ0v) is 21.4. The van der Waals surface area contributed by atoms with E-state index in [0.717, 1.165) is 17.2 Å². The van der Waals surface area contributed by atoms with Crippen molar-refractivity contribution in [2.45, 2.75) is 20.4 Å². The summed E-state index contributed by atoms with van der Waals surface area (Å²) in [6.07, 6.45) is 0. The summed E-state index contributed by atoms with van der Waals surface area (Å²) in [6.45, 7) is 3.61. The van der Waals surface area contributed by atoms with Crippen molar-refractivity contribution in [2.24, 2.45) is 0 Å². The molecule has 3 aromatic carbocycles. The zero-order valence-electron chi connectivity index (χ0n) is 21.4. The van der Waals surface area contributed by atoms with Gasteiger partial charge in [0.15, 0.2) is 0 Å². The summed E-state index contributed by atoms with van der Waals surface area (Å²) >= 11 is 0. The van der Waals surface area contributed by atoms with Crippen LogP contribution in [0.4, 0.5) is 0 Å². The van der Waals surface area contributed by atoms with E-state index in [1.54, 1.807) is 50.2 Å². The molecule has 0 spiro atoms. The van der Waals surface area contributed by atoms with Gasteiger partial charge in [-0.1, -0.05) is 40.6 Å². The second kappa shape index (κ2) is 9.95. The van der Waals surface area contributed by atoms with Crippen molar-refractivity contribution >= 4 is 16.9 Å². The molecule has 11 heteroatoms. The summed E-state index contributed by atoms with van der Waals surface area (Å²) in [5.41, 5.74) is 2.14. The normalized spacial score (nSPS) is 11.2. The molecule has 6 rings (SSSR count). The topological polar surface area (TPSA) is 146 Å². The number of hydrogen-bond donors (Lipinski definition) is 1. The number of carboxylic acid groups (broad SMARTS) is 1. The lowest BCUT2D eigenvalue weighted by Crippen LogP contribution is -2.22. The summed E-state index contributed by atoms with van der Waals surface area (Å²) in [5, 5.41) is 18.1. The number of benzene rings is 3. The van der Waals surface area contributed by atoms with Crippen molar-refractivity contribution in [1.82, 2.24) is 24.8 Å². The number of carbonyl (C=O) groups is 1. The second-order valence-corrected chi connectivity index (χ2v) is 9.07. The van der Waals surface area contributed by atoms with Gasteiger partial charge in [0, 0.05) is 36.4 Å². The summed E-state index contributed by atoms with van der Waals surface area (Å²) in [5.74, 6) is 1.45. The average molecular weight is 536 g/mol. The molecule has 3 heterocycles. The number of aryl methyl sites for hydroxylation is 2. The predicted molar refractivity (Wildman–Crippen MR) is 143 cm³/mol. The molecule has 0 radical (unpaired) electrons. The first-order valence-corrected chi connectivity index (χ1v) is 12.2. The Labute approximate surface area is 226 Å². The molecule has 0 atom stereocenters. The molecule has 0 unspecified atom stereocenters. The van der Waals surface area contributed by atoms with Gasteiger partial charge in [-0.05, 0) is 42.0 Å². The largest absolute Gasteiger partial charge is 0.478 e. The van der Waals surface area contributed by atoms with E-state index in [1.165, 1.54) is 4.57 Å². The molecule has 1 N–H and O–H groups in total. The molecule has 0 aliphatic rings. The summed E-state index contributed by atoms with van der Waals surface area (Å²) in [4.78, 5) is 33.7. The molecule has 11 nitrogen and oxygen atoms in total. The third-order valence-corrected chi connectivity index (χ3v) is 6.22. The van der Waals surface area contributed by atoms with Crippen LogP contribution in [0.1, 0.15) is 27.7 Å². The Morgan fingerprint density at radius 2 is 1.50 bits per heavy atom. The molecule has 3 aromatic heterocycles. The van der Waals surface area contributed by atoms with E-state index in [9.17, 15) is 14.7 Å². The number of pyridine rings is 1. The molecule has 0 bridgehead atoms. The van der Waals surface area contributed by atoms with Gasteiger partial charge in [0.05, 0.1) is 17.6 Å². The van der Waals surface area contributed by atoms with Crippen LogP contribution in [0.2, 0.25) is 0 Å². The van der Waals surface area contributed by atoms with Crippen molar-refractivity contribution < 1.29 is 23.7 Å². The molecular weight excluding hydrogens is 514 g/mol.